The van der Waals surface area contributed by atoms with Crippen molar-refractivity contribution < 1.29 is 9.53 Å². The van der Waals surface area contributed by atoms with Gasteiger partial charge in [0.2, 0.25) is 0 Å². The number of anilines is 1. The van der Waals surface area contributed by atoms with Crippen LogP contribution in [-0.2, 0) is 5.41 Å². The van der Waals surface area contributed by atoms with E-state index in [4.69, 9.17) is 4.74 Å². The number of ether oxygens (including phenoxy) is 1. The number of H-pyrrole nitrogens is 1. The van der Waals surface area contributed by atoms with Crippen molar-refractivity contribution in [2.24, 2.45) is 0 Å². The number of aryl methyl sites for hydroxylation is 1. The minimum absolute atomic E-state index is 0.0566. The fraction of sp³-hybridized carbons (Fsp3) is 0.273. The SMILES string of the molecule is COc1ccc(C(C)(C)C)cc1C(=O)Nc1ccc(C)c(-c2ccn[nH]2)c1. The number of nitrogens with zero attached hydrogens (tertiary/aromatic N) is 1. The van der Waals surface area contributed by atoms with E-state index in [1.54, 1.807) is 13.3 Å². The van der Waals surface area contributed by atoms with Gasteiger partial charge in [-0.2, -0.15) is 5.10 Å². The number of aromatic nitrogens is 2. The highest BCUT2D eigenvalue weighted by molar-refractivity contribution is 6.06. The molecule has 1 amide bonds. The second-order valence-electron chi connectivity index (χ2n) is 7.62. The molecule has 2 aromatic carbocycles. The molecule has 5 nitrogen and oxygen atoms in total. The Labute approximate surface area is 159 Å². The number of hydrogen-bond donors (Lipinski definition) is 2. The van der Waals surface area contributed by atoms with Crippen molar-refractivity contribution in [2.45, 2.75) is 33.1 Å². The molecule has 0 unspecified atom stereocenters. The predicted octanol–water partition coefficient (Wildman–Crippen LogP) is 4.94. The minimum atomic E-state index is -0.197. The summed E-state index contributed by atoms with van der Waals surface area (Å²) in [5, 5.41) is 9.96. The summed E-state index contributed by atoms with van der Waals surface area (Å²) in [5.41, 5.74) is 5.28. The molecule has 0 fully saturated rings. The first kappa shape index (κ1) is 18.7. The van der Waals surface area contributed by atoms with Crippen molar-refractivity contribution in [3.05, 3.63) is 65.4 Å². The smallest absolute Gasteiger partial charge is 0.259 e. The third-order valence-corrected chi connectivity index (χ3v) is 4.60. The van der Waals surface area contributed by atoms with Gasteiger partial charge >= 0.3 is 0 Å². The Balaban J connectivity index is 1.93. The molecule has 5 heteroatoms. The Bertz CT molecular complexity index is 954. The van der Waals surface area contributed by atoms with Crippen molar-refractivity contribution in [2.75, 3.05) is 12.4 Å². The monoisotopic (exact) mass is 363 g/mol. The van der Waals surface area contributed by atoms with Gasteiger partial charge in [-0.3, -0.25) is 9.89 Å². The van der Waals surface area contributed by atoms with Crippen LogP contribution < -0.4 is 10.1 Å². The zero-order chi connectivity index (χ0) is 19.6. The lowest BCUT2D eigenvalue weighted by molar-refractivity contribution is 0.102. The number of nitrogens with one attached hydrogen (secondary N) is 2. The Morgan fingerprint density at radius 2 is 1.89 bits per heavy atom. The molecule has 0 aliphatic carbocycles. The zero-order valence-corrected chi connectivity index (χ0v) is 16.4. The second kappa shape index (κ2) is 7.27. The Morgan fingerprint density at radius 1 is 1.11 bits per heavy atom. The quantitative estimate of drug-likeness (QED) is 0.690. The molecule has 3 aromatic rings. The standard InChI is InChI=1S/C22H25N3O2/c1-14-6-8-16(13-17(14)19-10-11-23-25-19)24-21(26)18-12-15(22(2,3)4)7-9-20(18)27-5/h6-13H,1-5H3,(H,23,25)(H,24,26). The van der Waals surface area contributed by atoms with E-state index in [0.717, 1.165) is 28.1 Å². The third kappa shape index (κ3) is 4.03. The molecule has 0 saturated carbocycles. The van der Waals surface area contributed by atoms with E-state index in [-0.39, 0.29) is 11.3 Å². The molecule has 0 saturated heterocycles. The fourth-order valence-corrected chi connectivity index (χ4v) is 2.95. The van der Waals surface area contributed by atoms with Crippen LogP contribution in [0, 0.1) is 6.92 Å². The van der Waals surface area contributed by atoms with Crippen LogP contribution in [0.5, 0.6) is 5.75 Å². The first-order chi connectivity index (χ1) is 12.8. The topological polar surface area (TPSA) is 67.0 Å². The highest BCUT2D eigenvalue weighted by Crippen LogP contribution is 2.29. The number of methoxy groups -OCH3 is 1. The van der Waals surface area contributed by atoms with Crippen LogP contribution in [0.15, 0.2) is 48.7 Å². The van der Waals surface area contributed by atoms with Gasteiger partial charge in [0, 0.05) is 17.4 Å². The molecular weight excluding hydrogens is 338 g/mol. The van der Waals surface area contributed by atoms with E-state index in [1.807, 2.05) is 49.4 Å². The van der Waals surface area contributed by atoms with Gasteiger partial charge in [0.25, 0.3) is 5.91 Å². The maximum absolute atomic E-state index is 12.9. The van der Waals surface area contributed by atoms with Gasteiger partial charge in [0.15, 0.2) is 0 Å². The number of amides is 1. The molecule has 0 atom stereocenters. The van der Waals surface area contributed by atoms with Gasteiger partial charge in [0.05, 0.1) is 18.4 Å². The summed E-state index contributed by atoms with van der Waals surface area (Å²) < 4.78 is 5.40. The van der Waals surface area contributed by atoms with E-state index in [0.29, 0.717) is 11.3 Å². The summed E-state index contributed by atoms with van der Waals surface area (Å²) in [6.45, 7) is 8.38. The van der Waals surface area contributed by atoms with E-state index in [1.165, 1.54) is 0 Å². The van der Waals surface area contributed by atoms with Crippen molar-refractivity contribution in [1.29, 1.82) is 0 Å². The van der Waals surface area contributed by atoms with Crippen molar-refractivity contribution >= 4 is 11.6 Å². The van der Waals surface area contributed by atoms with Crippen LogP contribution in [0.1, 0.15) is 42.3 Å². The highest BCUT2D eigenvalue weighted by Gasteiger charge is 2.19. The number of hydrogen-bond acceptors (Lipinski definition) is 3. The minimum Gasteiger partial charge on any atom is -0.496 e. The van der Waals surface area contributed by atoms with Crippen molar-refractivity contribution in [3.8, 4) is 17.0 Å². The third-order valence-electron chi connectivity index (χ3n) is 4.60. The van der Waals surface area contributed by atoms with Crippen molar-refractivity contribution in [1.82, 2.24) is 10.2 Å². The van der Waals surface area contributed by atoms with Crippen molar-refractivity contribution in [3.63, 3.8) is 0 Å². The Hall–Kier alpha value is -3.08. The van der Waals surface area contributed by atoms with E-state index < -0.39 is 0 Å². The molecular formula is C22H25N3O2. The molecule has 1 heterocycles. The molecule has 0 aliphatic heterocycles. The molecule has 1 aromatic heterocycles. The molecule has 3 rings (SSSR count). The number of aromatic amines is 1. The molecule has 0 aliphatic rings. The molecule has 0 radical (unpaired) electrons. The van der Waals surface area contributed by atoms with Gasteiger partial charge in [-0.05, 0) is 53.8 Å². The van der Waals surface area contributed by atoms with Gasteiger partial charge < -0.3 is 10.1 Å². The van der Waals surface area contributed by atoms with E-state index in [2.05, 4.69) is 36.3 Å². The fourth-order valence-electron chi connectivity index (χ4n) is 2.95. The van der Waals surface area contributed by atoms with Crippen LogP contribution in [0.25, 0.3) is 11.3 Å². The summed E-state index contributed by atoms with van der Waals surface area (Å²) in [7, 11) is 1.57. The van der Waals surface area contributed by atoms with Crippen LogP contribution in [0.2, 0.25) is 0 Å². The largest absolute Gasteiger partial charge is 0.496 e. The second-order valence-corrected chi connectivity index (χ2v) is 7.62. The lowest BCUT2D eigenvalue weighted by atomic mass is 9.86. The van der Waals surface area contributed by atoms with Gasteiger partial charge in [-0.25, -0.2) is 0 Å². The average molecular weight is 363 g/mol. The molecule has 0 bridgehead atoms. The maximum atomic E-state index is 12.9. The first-order valence-corrected chi connectivity index (χ1v) is 8.90. The highest BCUT2D eigenvalue weighted by atomic mass is 16.5. The first-order valence-electron chi connectivity index (χ1n) is 8.90. The van der Waals surface area contributed by atoms with Gasteiger partial charge in [-0.1, -0.05) is 32.9 Å². The zero-order valence-electron chi connectivity index (χ0n) is 16.4. The summed E-state index contributed by atoms with van der Waals surface area (Å²) in [6, 6.07) is 13.5. The summed E-state index contributed by atoms with van der Waals surface area (Å²) >= 11 is 0. The van der Waals surface area contributed by atoms with Crippen LogP contribution in [-0.4, -0.2) is 23.2 Å². The van der Waals surface area contributed by atoms with E-state index >= 15 is 0 Å². The molecule has 27 heavy (non-hydrogen) atoms. The maximum Gasteiger partial charge on any atom is 0.259 e. The lowest BCUT2D eigenvalue weighted by Gasteiger charge is -2.21. The van der Waals surface area contributed by atoms with Gasteiger partial charge in [0.1, 0.15) is 5.75 Å². The number of carbonyl (C=O) groups excluding carboxylic acids is 1. The summed E-state index contributed by atoms with van der Waals surface area (Å²) in [4.78, 5) is 12.9. The Morgan fingerprint density at radius 3 is 2.52 bits per heavy atom. The summed E-state index contributed by atoms with van der Waals surface area (Å²) in [6.07, 6.45) is 1.71. The number of benzene rings is 2. The van der Waals surface area contributed by atoms with E-state index in [9.17, 15) is 4.79 Å². The average Bonchev–Trinajstić information content (AvgIpc) is 3.16. The lowest BCUT2D eigenvalue weighted by Crippen LogP contribution is -2.17. The predicted molar refractivity (Wildman–Crippen MR) is 108 cm³/mol. The Kier molecular flexibility index (Phi) is 5.04. The molecule has 0 spiro atoms. The van der Waals surface area contributed by atoms with Crippen LogP contribution in [0.4, 0.5) is 5.69 Å². The normalized spacial score (nSPS) is 11.3. The van der Waals surface area contributed by atoms with Crippen LogP contribution in [0.3, 0.4) is 0 Å². The number of carbonyl (C=O) groups is 1. The van der Waals surface area contributed by atoms with Gasteiger partial charge in [-0.15, -0.1) is 0 Å². The number of rotatable bonds is 4. The molecule has 2 N–H and O–H groups in total. The molecule has 140 valence electrons. The van der Waals surface area contributed by atoms with Crippen LogP contribution >= 0.6 is 0 Å². The summed E-state index contributed by atoms with van der Waals surface area (Å²) in [5.74, 6) is 0.360.